The van der Waals surface area contributed by atoms with Gasteiger partial charge < -0.3 is 5.32 Å². The van der Waals surface area contributed by atoms with Crippen LogP contribution < -0.4 is 5.32 Å². The van der Waals surface area contributed by atoms with Gasteiger partial charge in [-0.3, -0.25) is 4.90 Å². The van der Waals surface area contributed by atoms with Crippen LogP contribution in [-0.4, -0.2) is 30.6 Å². The summed E-state index contributed by atoms with van der Waals surface area (Å²) in [7, 11) is 0. The van der Waals surface area contributed by atoms with Gasteiger partial charge in [-0.25, -0.2) is 0 Å². The number of nitrogens with zero attached hydrogens (tertiary/aromatic N) is 1. The van der Waals surface area contributed by atoms with E-state index in [0.29, 0.717) is 12.1 Å². The molecule has 0 heterocycles. The van der Waals surface area contributed by atoms with E-state index in [1.165, 1.54) is 44.3 Å². The third kappa shape index (κ3) is 4.31. The van der Waals surface area contributed by atoms with Crippen LogP contribution in [0, 0.1) is 11.8 Å². The van der Waals surface area contributed by atoms with Crippen LogP contribution in [0.3, 0.4) is 0 Å². The molecule has 0 aromatic heterocycles. The molecule has 0 saturated heterocycles. The van der Waals surface area contributed by atoms with Crippen molar-refractivity contribution in [2.75, 3.05) is 19.6 Å². The Morgan fingerprint density at radius 2 is 1.62 bits per heavy atom. The molecule has 3 rings (SSSR count). The van der Waals surface area contributed by atoms with Gasteiger partial charge in [0.2, 0.25) is 0 Å². The van der Waals surface area contributed by atoms with Gasteiger partial charge in [-0.2, -0.15) is 0 Å². The van der Waals surface area contributed by atoms with Crippen molar-refractivity contribution in [1.29, 1.82) is 0 Å². The van der Waals surface area contributed by atoms with Gasteiger partial charge in [0.15, 0.2) is 0 Å². The highest BCUT2D eigenvalue weighted by molar-refractivity contribution is 5.20. The lowest BCUT2D eigenvalue weighted by atomic mass is 9.98. The number of hydrogen-bond acceptors (Lipinski definition) is 2. The first-order valence-corrected chi connectivity index (χ1v) is 8.80. The topological polar surface area (TPSA) is 15.3 Å². The molecule has 1 N–H and O–H groups in total. The Hall–Kier alpha value is -0.860. The van der Waals surface area contributed by atoms with Crippen LogP contribution in [0.2, 0.25) is 0 Å². The van der Waals surface area contributed by atoms with Crippen molar-refractivity contribution in [1.82, 2.24) is 10.2 Å². The summed E-state index contributed by atoms with van der Waals surface area (Å²) in [4.78, 5) is 2.77. The molecule has 2 heteroatoms. The lowest BCUT2D eigenvalue weighted by molar-refractivity contribution is 0.156. The number of hydrogen-bond donors (Lipinski definition) is 1. The molecule has 1 aromatic carbocycles. The number of nitrogens with one attached hydrogen (secondary N) is 1. The predicted octanol–water partition coefficient (Wildman–Crippen LogP) is 3.85. The number of rotatable bonds is 9. The molecule has 2 nitrogen and oxygen atoms in total. The Labute approximate surface area is 129 Å². The summed E-state index contributed by atoms with van der Waals surface area (Å²) in [6.45, 7) is 8.29. The first-order chi connectivity index (χ1) is 10.3. The van der Waals surface area contributed by atoms with Gasteiger partial charge in [-0.15, -0.1) is 0 Å². The van der Waals surface area contributed by atoms with Gasteiger partial charge in [0.05, 0.1) is 0 Å². The van der Waals surface area contributed by atoms with E-state index in [0.717, 1.165) is 18.4 Å². The minimum absolute atomic E-state index is 0.452. The Bertz CT molecular complexity index is 408. The molecule has 0 bridgehead atoms. The molecular formula is C19H30N2. The molecule has 0 amide bonds. The monoisotopic (exact) mass is 286 g/mol. The summed E-state index contributed by atoms with van der Waals surface area (Å²) in [5.41, 5.74) is 1.43. The van der Waals surface area contributed by atoms with E-state index in [9.17, 15) is 0 Å². The smallest absolute Gasteiger partial charge is 0.0475 e. The second kappa shape index (κ2) is 6.93. The zero-order valence-electron chi connectivity index (χ0n) is 13.6. The molecule has 116 valence electrons. The van der Waals surface area contributed by atoms with Gasteiger partial charge in [-0.1, -0.05) is 37.3 Å². The second-order valence-corrected chi connectivity index (χ2v) is 7.03. The van der Waals surface area contributed by atoms with E-state index in [1.807, 2.05) is 0 Å². The lowest BCUT2D eigenvalue weighted by Crippen LogP contribution is -2.44. The van der Waals surface area contributed by atoms with Crippen molar-refractivity contribution >= 4 is 0 Å². The van der Waals surface area contributed by atoms with Crippen molar-refractivity contribution < 1.29 is 0 Å². The molecule has 2 atom stereocenters. The van der Waals surface area contributed by atoms with Crippen molar-refractivity contribution in [2.45, 2.75) is 51.6 Å². The van der Waals surface area contributed by atoms with Gasteiger partial charge in [0, 0.05) is 25.2 Å². The average Bonchev–Trinajstić information content (AvgIpc) is 3.40. The molecule has 2 fully saturated rings. The third-order valence-corrected chi connectivity index (χ3v) is 5.02. The maximum atomic E-state index is 3.72. The highest BCUT2D eigenvalue weighted by atomic mass is 15.2. The number of likely N-dealkylation sites (N-methyl/N-ethyl adjacent to an activating group) is 1. The molecule has 2 aliphatic carbocycles. The van der Waals surface area contributed by atoms with Crippen LogP contribution in [-0.2, 0) is 0 Å². The van der Waals surface area contributed by atoms with Crippen molar-refractivity contribution in [2.24, 2.45) is 11.8 Å². The SMILES string of the molecule is CCNC(c1ccccc1)C(C)N(CC1CC1)CC1CC1. The zero-order valence-corrected chi connectivity index (χ0v) is 13.6. The quantitative estimate of drug-likeness (QED) is 0.742. The predicted molar refractivity (Wildman–Crippen MR) is 89.3 cm³/mol. The summed E-state index contributed by atoms with van der Waals surface area (Å²) >= 11 is 0. The summed E-state index contributed by atoms with van der Waals surface area (Å²) in [5.74, 6) is 1.95. The maximum absolute atomic E-state index is 3.72. The van der Waals surface area contributed by atoms with E-state index >= 15 is 0 Å². The van der Waals surface area contributed by atoms with Crippen LogP contribution in [0.5, 0.6) is 0 Å². The van der Waals surface area contributed by atoms with Gasteiger partial charge >= 0.3 is 0 Å². The normalized spacial score (nSPS) is 21.5. The summed E-state index contributed by atoms with van der Waals surface area (Å²) < 4.78 is 0. The van der Waals surface area contributed by atoms with Crippen LogP contribution in [0.25, 0.3) is 0 Å². The average molecular weight is 286 g/mol. The van der Waals surface area contributed by atoms with Crippen LogP contribution >= 0.6 is 0 Å². The van der Waals surface area contributed by atoms with Gasteiger partial charge in [0.25, 0.3) is 0 Å². The third-order valence-electron chi connectivity index (χ3n) is 5.02. The Balaban J connectivity index is 1.71. The zero-order chi connectivity index (χ0) is 14.7. The fourth-order valence-corrected chi connectivity index (χ4v) is 3.33. The Morgan fingerprint density at radius 3 is 2.10 bits per heavy atom. The van der Waals surface area contributed by atoms with Crippen LogP contribution in [0.1, 0.15) is 51.1 Å². The summed E-state index contributed by atoms with van der Waals surface area (Å²) in [6, 6.07) is 12.0. The van der Waals surface area contributed by atoms with E-state index in [1.54, 1.807) is 0 Å². The standard InChI is InChI=1S/C19H30N2/c1-3-20-19(18-7-5-4-6-8-18)15(2)21(13-16-9-10-16)14-17-11-12-17/h4-8,15-17,19-20H,3,9-14H2,1-2H3. The van der Waals surface area contributed by atoms with Crippen molar-refractivity contribution in [3.05, 3.63) is 35.9 Å². The molecule has 2 unspecified atom stereocenters. The molecule has 0 radical (unpaired) electrons. The fourth-order valence-electron chi connectivity index (χ4n) is 3.33. The Morgan fingerprint density at radius 1 is 1.05 bits per heavy atom. The largest absolute Gasteiger partial charge is 0.309 e. The van der Waals surface area contributed by atoms with Crippen LogP contribution in [0.15, 0.2) is 30.3 Å². The molecule has 2 aliphatic rings. The minimum Gasteiger partial charge on any atom is -0.309 e. The molecule has 2 saturated carbocycles. The summed E-state index contributed by atoms with van der Waals surface area (Å²) in [5, 5.41) is 3.72. The van der Waals surface area contributed by atoms with Gasteiger partial charge in [-0.05, 0) is 56.6 Å². The van der Waals surface area contributed by atoms with E-state index < -0.39 is 0 Å². The van der Waals surface area contributed by atoms with Crippen molar-refractivity contribution in [3.63, 3.8) is 0 Å². The Kier molecular flexibility index (Phi) is 4.97. The number of benzene rings is 1. The lowest BCUT2D eigenvalue weighted by Gasteiger charge is -2.36. The highest BCUT2D eigenvalue weighted by Gasteiger charge is 2.33. The summed E-state index contributed by atoms with van der Waals surface area (Å²) in [6.07, 6.45) is 5.80. The first kappa shape index (κ1) is 15.1. The molecule has 1 aromatic rings. The van der Waals surface area contributed by atoms with Gasteiger partial charge in [0.1, 0.15) is 0 Å². The van der Waals surface area contributed by atoms with E-state index in [4.69, 9.17) is 0 Å². The highest BCUT2D eigenvalue weighted by Crippen LogP contribution is 2.36. The molecule has 0 aliphatic heterocycles. The van der Waals surface area contributed by atoms with Crippen molar-refractivity contribution in [3.8, 4) is 0 Å². The first-order valence-electron chi connectivity index (χ1n) is 8.80. The molecular weight excluding hydrogens is 256 g/mol. The minimum atomic E-state index is 0.452. The molecule has 21 heavy (non-hydrogen) atoms. The fraction of sp³-hybridized carbons (Fsp3) is 0.684. The van der Waals surface area contributed by atoms with Crippen LogP contribution in [0.4, 0.5) is 0 Å². The van der Waals surface area contributed by atoms with E-state index in [2.05, 4.69) is 54.4 Å². The second-order valence-electron chi connectivity index (χ2n) is 7.03. The maximum Gasteiger partial charge on any atom is 0.0475 e. The molecule has 0 spiro atoms. The van der Waals surface area contributed by atoms with E-state index in [-0.39, 0.29) is 0 Å².